The lowest BCUT2D eigenvalue weighted by atomic mass is 10.2. The number of rotatable bonds is 10. The molecule has 0 bridgehead atoms. The highest BCUT2D eigenvalue weighted by atomic mass is 16.5. The quantitative estimate of drug-likeness (QED) is 0.287. The lowest BCUT2D eigenvalue weighted by Crippen LogP contribution is -2.48. The predicted octanol–water partition coefficient (Wildman–Crippen LogP) is -2.23. The van der Waals surface area contributed by atoms with Crippen LogP contribution in [0, 0.1) is 0 Å². The van der Waals surface area contributed by atoms with Crippen molar-refractivity contribution in [2.24, 2.45) is 5.73 Å². The molecule has 0 fully saturated rings. The van der Waals surface area contributed by atoms with E-state index in [0.29, 0.717) is 13.2 Å². The zero-order valence-corrected chi connectivity index (χ0v) is 11.7. The Balaban J connectivity index is 3.94. The molecule has 120 valence electrons. The minimum absolute atomic E-state index is 0.0214. The summed E-state index contributed by atoms with van der Waals surface area (Å²) in [4.78, 5) is 44.1. The summed E-state index contributed by atoms with van der Waals surface area (Å²) in [7, 11) is 1.50. The van der Waals surface area contributed by atoms with Crippen LogP contribution < -0.4 is 21.7 Å². The molecule has 0 aliphatic rings. The Labute approximate surface area is 121 Å². The SMILES string of the molecule is COCCNC(=O)CCNC(=O)NC(CC(N)=O)C(=O)O. The van der Waals surface area contributed by atoms with Crippen molar-refractivity contribution in [1.29, 1.82) is 0 Å². The van der Waals surface area contributed by atoms with Crippen LogP contribution in [0.1, 0.15) is 12.8 Å². The number of aliphatic carboxylic acids is 1. The van der Waals surface area contributed by atoms with Crippen LogP contribution in [-0.4, -0.2) is 61.8 Å². The number of carbonyl (C=O) groups is 4. The van der Waals surface area contributed by atoms with Gasteiger partial charge in [0.15, 0.2) is 0 Å². The number of carbonyl (C=O) groups excluding carboxylic acids is 3. The molecule has 0 radical (unpaired) electrons. The highest BCUT2D eigenvalue weighted by Crippen LogP contribution is 1.91. The van der Waals surface area contributed by atoms with Gasteiger partial charge in [0.2, 0.25) is 11.8 Å². The van der Waals surface area contributed by atoms with Gasteiger partial charge in [0, 0.05) is 26.6 Å². The Hall–Kier alpha value is -2.36. The molecule has 0 aliphatic heterocycles. The Bertz CT molecular complexity index is 387. The van der Waals surface area contributed by atoms with E-state index in [1.807, 2.05) is 0 Å². The molecule has 10 nitrogen and oxygen atoms in total. The summed E-state index contributed by atoms with van der Waals surface area (Å²) in [5.74, 6) is -2.50. The molecular formula is C11H20N4O6. The smallest absolute Gasteiger partial charge is 0.326 e. The zero-order valence-electron chi connectivity index (χ0n) is 11.7. The molecule has 1 atom stereocenters. The standard InChI is InChI=1S/C11H20N4O6/c1-21-5-4-13-9(17)2-3-14-11(20)15-7(10(18)19)6-8(12)16/h7H,2-6H2,1H3,(H2,12,16)(H,13,17)(H,18,19)(H2,14,15,20). The first kappa shape index (κ1) is 18.6. The van der Waals surface area contributed by atoms with Crippen LogP contribution in [0.15, 0.2) is 0 Å². The van der Waals surface area contributed by atoms with Crippen LogP contribution >= 0.6 is 0 Å². The minimum Gasteiger partial charge on any atom is -0.480 e. The summed E-state index contributed by atoms with van der Waals surface area (Å²) in [5.41, 5.74) is 4.87. The second-order valence-corrected chi connectivity index (χ2v) is 4.05. The number of primary amides is 1. The first-order chi connectivity index (χ1) is 9.86. The lowest BCUT2D eigenvalue weighted by Gasteiger charge is -2.13. The molecule has 0 aromatic carbocycles. The van der Waals surface area contributed by atoms with E-state index >= 15 is 0 Å². The summed E-state index contributed by atoms with van der Waals surface area (Å²) in [5, 5.41) is 15.7. The van der Waals surface area contributed by atoms with E-state index < -0.39 is 30.4 Å². The van der Waals surface area contributed by atoms with E-state index in [4.69, 9.17) is 15.6 Å². The van der Waals surface area contributed by atoms with E-state index in [1.165, 1.54) is 7.11 Å². The Kier molecular flexibility index (Phi) is 9.26. The summed E-state index contributed by atoms with van der Waals surface area (Å²) < 4.78 is 4.74. The predicted molar refractivity (Wildman–Crippen MR) is 71.3 cm³/mol. The van der Waals surface area contributed by atoms with Crippen LogP contribution in [0.4, 0.5) is 4.79 Å². The molecule has 6 N–H and O–H groups in total. The van der Waals surface area contributed by atoms with Gasteiger partial charge in [0.1, 0.15) is 6.04 Å². The first-order valence-corrected chi connectivity index (χ1v) is 6.18. The summed E-state index contributed by atoms with van der Waals surface area (Å²) >= 11 is 0. The van der Waals surface area contributed by atoms with Crippen LogP contribution in [0.2, 0.25) is 0 Å². The highest BCUT2D eigenvalue weighted by molar-refractivity contribution is 5.87. The molecule has 0 aromatic rings. The molecule has 0 aromatic heterocycles. The largest absolute Gasteiger partial charge is 0.480 e. The van der Waals surface area contributed by atoms with Gasteiger partial charge in [-0.25, -0.2) is 9.59 Å². The maximum atomic E-state index is 11.4. The van der Waals surface area contributed by atoms with Gasteiger partial charge >= 0.3 is 12.0 Å². The maximum absolute atomic E-state index is 11.4. The summed E-state index contributed by atoms with van der Waals surface area (Å²) in [6.45, 7) is 0.766. The topological polar surface area (TPSA) is 160 Å². The van der Waals surface area contributed by atoms with Gasteiger partial charge in [0.25, 0.3) is 0 Å². The number of ether oxygens (including phenoxy) is 1. The molecular weight excluding hydrogens is 284 g/mol. The molecule has 0 aliphatic carbocycles. The molecule has 0 saturated carbocycles. The van der Waals surface area contributed by atoms with Crippen LogP contribution in [0.3, 0.4) is 0 Å². The van der Waals surface area contributed by atoms with Crippen LogP contribution in [-0.2, 0) is 19.1 Å². The molecule has 21 heavy (non-hydrogen) atoms. The second kappa shape index (κ2) is 10.4. The number of hydrogen-bond acceptors (Lipinski definition) is 5. The van der Waals surface area contributed by atoms with Crippen LogP contribution in [0.25, 0.3) is 0 Å². The fourth-order valence-electron chi connectivity index (χ4n) is 1.28. The molecule has 0 heterocycles. The maximum Gasteiger partial charge on any atom is 0.326 e. The Morgan fingerprint density at radius 3 is 2.38 bits per heavy atom. The van der Waals surface area contributed by atoms with Crippen molar-refractivity contribution in [2.75, 3.05) is 26.8 Å². The number of nitrogens with one attached hydrogen (secondary N) is 3. The monoisotopic (exact) mass is 304 g/mol. The van der Waals surface area contributed by atoms with Crippen molar-refractivity contribution in [1.82, 2.24) is 16.0 Å². The summed E-state index contributed by atoms with van der Waals surface area (Å²) in [6, 6.07) is -2.20. The number of hydrogen-bond donors (Lipinski definition) is 5. The first-order valence-electron chi connectivity index (χ1n) is 6.18. The second-order valence-electron chi connectivity index (χ2n) is 4.05. The van der Waals surface area contributed by atoms with E-state index in [9.17, 15) is 19.2 Å². The molecule has 4 amide bonds. The third kappa shape index (κ3) is 10.1. The lowest BCUT2D eigenvalue weighted by molar-refractivity contribution is -0.140. The van der Waals surface area contributed by atoms with Gasteiger partial charge in [-0.05, 0) is 0 Å². The highest BCUT2D eigenvalue weighted by Gasteiger charge is 2.21. The number of carboxylic acids is 1. The van der Waals surface area contributed by atoms with Crippen molar-refractivity contribution < 1.29 is 29.0 Å². The average molecular weight is 304 g/mol. The van der Waals surface area contributed by atoms with Crippen molar-refractivity contribution in [2.45, 2.75) is 18.9 Å². The van der Waals surface area contributed by atoms with E-state index in [-0.39, 0.29) is 18.9 Å². The normalized spacial score (nSPS) is 11.3. The molecule has 0 spiro atoms. The van der Waals surface area contributed by atoms with E-state index in [1.54, 1.807) is 0 Å². The van der Waals surface area contributed by atoms with Crippen molar-refractivity contribution >= 4 is 23.8 Å². The summed E-state index contributed by atoms with van der Waals surface area (Å²) in [6.07, 6.45) is -0.481. The number of methoxy groups -OCH3 is 1. The van der Waals surface area contributed by atoms with Gasteiger partial charge in [0.05, 0.1) is 13.0 Å². The number of nitrogens with two attached hydrogens (primary N) is 1. The number of amides is 4. The molecule has 0 saturated heterocycles. The van der Waals surface area contributed by atoms with Gasteiger partial charge in [-0.15, -0.1) is 0 Å². The molecule has 1 unspecified atom stereocenters. The minimum atomic E-state index is -1.40. The average Bonchev–Trinajstić information content (AvgIpc) is 2.37. The van der Waals surface area contributed by atoms with Crippen molar-refractivity contribution in [3.05, 3.63) is 0 Å². The van der Waals surface area contributed by atoms with Crippen molar-refractivity contribution in [3.8, 4) is 0 Å². The fourth-order valence-corrected chi connectivity index (χ4v) is 1.28. The molecule has 0 rings (SSSR count). The van der Waals surface area contributed by atoms with Gasteiger partial charge in [-0.1, -0.05) is 0 Å². The van der Waals surface area contributed by atoms with Gasteiger partial charge in [-0.3, -0.25) is 9.59 Å². The molecule has 10 heteroatoms. The Morgan fingerprint density at radius 2 is 1.86 bits per heavy atom. The third-order valence-corrected chi connectivity index (χ3v) is 2.27. The van der Waals surface area contributed by atoms with E-state index in [2.05, 4.69) is 16.0 Å². The van der Waals surface area contributed by atoms with E-state index in [0.717, 1.165) is 0 Å². The van der Waals surface area contributed by atoms with Crippen LogP contribution in [0.5, 0.6) is 0 Å². The van der Waals surface area contributed by atoms with Gasteiger partial charge in [-0.2, -0.15) is 0 Å². The third-order valence-electron chi connectivity index (χ3n) is 2.27. The fraction of sp³-hybridized carbons (Fsp3) is 0.636. The van der Waals surface area contributed by atoms with Crippen molar-refractivity contribution in [3.63, 3.8) is 0 Å². The van der Waals surface area contributed by atoms with Gasteiger partial charge < -0.3 is 31.5 Å². The Morgan fingerprint density at radius 1 is 1.19 bits per heavy atom. The number of carboxylic acid groups (broad SMARTS) is 1. The zero-order chi connectivity index (χ0) is 16.3. The number of urea groups is 1.